The van der Waals surface area contributed by atoms with E-state index in [1.807, 2.05) is 60.7 Å². The minimum absolute atomic E-state index is 0.649. The number of benzene rings is 9. The maximum atomic E-state index is 4.92. The van der Waals surface area contributed by atoms with Crippen LogP contribution in [0.4, 0.5) is 0 Å². The van der Waals surface area contributed by atoms with Crippen LogP contribution in [0.5, 0.6) is 0 Å². The SMILES string of the molecule is c1ccc(-c2nc(-c3ccccc3)nc(-c3ccc(-c4ccc(-c5cc6ccc7cccc8c9ccccc9c9ccccc9c(c5)c6c78)cc4)cc3)n2)cc1. The van der Waals surface area contributed by atoms with Crippen molar-refractivity contribution in [2.45, 2.75) is 0 Å². The van der Waals surface area contributed by atoms with Crippen LogP contribution in [0.25, 0.3) is 110 Å². The first kappa shape index (κ1) is 32.0. The number of hydrogen-bond acceptors (Lipinski definition) is 3. The van der Waals surface area contributed by atoms with Gasteiger partial charge in [0.2, 0.25) is 0 Å². The van der Waals surface area contributed by atoms with Gasteiger partial charge < -0.3 is 0 Å². The van der Waals surface area contributed by atoms with Crippen molar-refractivity contribution in [3.8, 4) is 56.4 Å². The summed E-state index contributed by atoms with van der Waals surface area (Å²) in [6.07, 6.45) is 0. The summed E-state index contributed by atoms with van der Waals surface area (Å²) in [5.41, 5.74) is 7.53. The molecule has 0 N–H and O–H groups in total. The lowest BCUT2D eigenvalue weighted by Gasteiger charge is -2.15. The zero-order valence-electron chi connectivity index (χ0n) is 30.4. The van der Waals surface area contributed by atoms with E-state index in [1.165, 1.54) is 65.0 Å². The highest BCUT2D eigenvalue weighted by Crippen LogP contribution is 2.42. The highest BCUT2D eigenvalue weighted by Gasteiger charge is 2.15. The second-order valence-electron chi connectivity index (χ2n) is 14.4. The minimum Gasteiger partial charge on any atom is -0.208 e. The molecule has 0 amide bonds. The van der Waals surface area contributed by atoms with Crippen LogP contribution in [0.3, 0.4) is 0 Å². The Morgan fingerprint density at radius 3 is 1.12 bits per heavy atom. The van der Waals surface area contributed by atoms with Gasteiger partial charge in [-0.1, -0.05) is 188 Å². The van der Waals surface area contributed by atoms with Gasteiger partial charge in [0, 0.05) is 16.7 Å². The van der Waals surface area contributed by atoms with Gasteiger partial charge in [0.1, 0.15) is 0 Å². The molecule has 11 rings (SSSR count). The molecule has 0 radical (unpaired) electrons. The van der Waals surface area contributed by atoms with Gasteiger partial charge in [0.05, 0.1) is 0 Å². The monoisotopic (exact) mass is 711 g/mol. The molecule has 0 spiro atoms. The summed E-state index contributed by atoms with van der Waals surface area (Å²) < 4.78 is 0. The van der Waals surface area contributed by atoms with Gasteiger partial charge in [0.15, 0.2) is 17.5 Å². The van der Waals surface area contributed by atoms with E-state index in [4.69, 9.17) is 15.0 Å². The fraction of sp³-hybridized carbons (Fsp3) is 0. The van der Waals surface area contributed by atoms with Gasteiger partial charge in [-0.05, 0) is 88.2 Å². The number of aromatic nitrogens is 3. The predicted molar refractivity (Wildman–Crippen MR) is 235 cm³/mol. The maximum Gasteiger partial charge on any atom is 0.164 e. The van der Waals surface area contributed by atoms with E-state index in [-0.39, 0.29) is 0 Å². The lowest BCUT2D eigenvalue weighted by atomic mass is 9.88. The molecule has 3 nitrogen and oxygen atoms in total. The fourth-order valence-electron chi connectivity index (χ4n) is 8.36. The quantitative estimate of drug-likeness (QED) is 0.167. The van der Waals surface area contributed by atoms with Crippen LogP contribution in [-0.2, 0) is 0 Å². The number of rotatable bonds is 5. The zero-order valence-corrected chi connectivity index (χ0v) is 30.4. The van der Waals surface area contributed by atoms with Crippen LogP contribution in [0.2, 0.25) is 0 Å². The molecule has 1 heterocycles. The fourth-order valence-corrected chi connectivity index (χ4v) is 8.36. The number of fused-ring (bicyclic) bond motifs is 5. The smallest absolute Gasteiger partial charge is 0.164 e. The van der Waals surface area contributed by atoms with E-state index >= 15 is 0 Å². The van der Waals surface area contributed by atoms with Crippen molar-refractivity contribution in [1.82, 2.24) is 15.0 Å². The lowest BCUT2D eigenvalue weighted by molar-refractivity contribution is 1.07. The van der Waals surface area contributed by atoms with Crippen LogP contribution in [-0.4, -0.2) is 15.0 Å². The molecule has 0 saturated carbocycles. The van der Waals surface area contributed by atoms with Crippen LogP contribution in [0.15, 0.2) is 200 Å². The third-order valence-corrected chi connectivity index (χ3v) is 11.1. The average Bonchev–Trinajstić information content (AvgIpc) is 3.28. The standard InChI is InChI=1S/C53H33N3/c1-3-12-38(13-4-1)51-54-52(39-14-5-2-6-15-39)56-53(55-51)40-29-26-35(27-30-40)34-22-24-36(25-23-34)42-32-41-31-28-37-16-11-21-47-45-19-9-7-17-43(45)44-18-8-10-20-46(44)48(33-42)50(41)49(37)47/h1-33H. The van der Waals surface area contributed by atoms with Crippen molar-refractivity contribution < 1.29 is 0 Å². The molecular formula is C53H33N3. The summed E-state index contributed by atoms with van der Waals surface area (Å²) in [5, 5.41) is 12.7. The van der Waals surface area contributed by atoms with Gasteiger partial charge >= 0.3 is 0 Å². The Kier molecular flexibility index (Phi) is 7.49. The molecular weight excluding hydrogens is 679 g/mol. The second kappa shape index (κ2) is 13.1. The van der Waals surface area contributed by atoms with Crippen LogP contribution < -0.4 is 0 Å². The molecule has 260 valence electrons. The Morgan fingerprint density at radius 2 is 0.589 bits per heavy atom. The van der Waals surface area contributed by atoms with Gasteiger partial charge in [0.25, 0.3) is 0 Å². The molecule has 0 saturated heterocycles. The molecule has 0 aliphatic heterocycles. The van der Waals surface area contributed by atoms with E-state index in [2.05, 4.69) is 140 Å². The van der Waals surface area contributed by atoms with Gasteiger partial charge in [-0.3, -0.25) is 0 Å². The van der Waals surface area contributed by atoms with Gasteiger partial charge in [-0.15, -0.1) is 0 Å². The molecule has 3 heteroatoms. The second-order valence-corrected chi connectivity index (χ2v) is 14.4. The first-order valence-electron chi connectivity index (χ1n) is 19.0. The molecule has 0 atom stereocenters. The Balaban J connectivity index is 0.998. The summed E-state index contributed by atoms with van der Waals surface area (Å²) in [5.74, 6) is 1.96. The van der Waals surface area contributed by atoms with Crippen molar-refractivity contribution in [2.24, 2.45) is 0 Å². The van der Waals surface area contributed by atoms with E-state index in [1.54, 1.807) is 0 Å². The first-order chi connectivity index (χ1) is 27.7. The molecule has 10 aromatic carbocycles. The Bertz CT molecular complexity index is 3210. The lowest BCUT2D eigenvalue weighted by Crippen LogP contribution is -2.00. The summed E-state index contributed by atoms with van der Waals surface area (Å²) >= 11 is 0. The molecule has 11 aromatic rings. The van der Waals surface area contributed by atoms with Crippen molar-refractivity contribution in [3.63, 3.8) is 0 Å². The predicted octanol–water partition coefficient (Wildman–Crippen LogP) is 14.0. The highest BCUT2D eigenvalue weighted by molar-refractivity contribution is 6.33. The largest absolute Gasteiger partial charge is 0.208 e. The van der Waals surface area contributed by atoms with Crippen molar-refractivity contribution in [2.75, 3.05) is 0 Å². The van der Waals surface area contributed by atoms with Crippen LogP contribution >= 0.6 is 0 Å². The van der Waals surface area contributed by atoms with Gasteiger partial charge in [-0.25, -0.2) is 15.0 Å². The summed E-state index contributed by atoms with van der Waals surface area (Å²) in [6, 6.07) is 71.4. The van der Waals surface area contributed by atoms with Crippen molar-refractivity contribution in [1.29, 1.82) is 0 Å². The Hall–Kier alpha value is -7.49. The third-order valence-electron chi connectivity index (χ3n) is 11.1. The third kappa shape index (κ3) is 5.40. The average molecular weight is 712 g/mol. The Labute approximate surface area is 324 Å². The first-order valence-corrected chi connectivity index (χ1v) is 19.0. The van der Waals surface area contributed by atoms with Crippen LogP contribution in [0.1, 0.15) is 0 Å². The number of hydrogen-bond donors (Lipinski definition) is 0. The molecule has 0 unspecified atom stereocenters. The normalized spacial score (nSPS) is 11.6. The summed E-state index contributed by atoms with van der Waals surface area (Å²) in [6.45, 7) is 0. The molecule has 0 bridgehead atoms. The van der Waals surface area contributed by atoms with E-state index in [9.17, 15) is 0 Å². The molecule has 1 aromatic heterocycles. The molecule has 0 aliphatic carbocycles. The van der Waals surface area contributed by atoms with Crippen molar-refractivity contribution >= 4 is 53.9 Å². The molecule has 56 heavy (non-hydrogen) atoms. The highest BCUT2D eigenvalue weighted by atomic mass is 15.0. The Morgan fingerprint density at radius 1 is 0.214 bits per heavy atom. The zero-order chi connectivity index (χ0) is 37.0. The minimum atomic E-state index is 0.649. The maximum absolute atomic E-state index is 4.92. The number of nitrogens with zero attached hydrogens (tertiary/aromatic N) is 3. The van der Waals surface area contributed by atoms with Crippen LogP contribution in [0, 0.1) is 0 Å². The summed E-state index contributed by atoms with van der Waals surface area (Å²) in [7, 11) is 0. The van der Waals surface area contributed by atoms with Crippen molar-refractivity contribution in [3.05, 3.63) is 200 Å². The summed E-state index contributed by atoms with van der Waals surface area (Å²) in [4.78, 5) is 14.7. The van der Waals surface area contributed by atoms with E-state index < -0.39 is 0 Å². The van der Waals surface area contributed by atoms with E-state index in [0.717, 1.165) is 27.8 Å². The van der Waals surface area contributed by atoms with Gasteiger partial charge in [-0.2, -0.15) is 0 Å². The van der Waals surface area contributed by atoms with E-state index in [0.29, 0.717) is 17.5 Å². The molecule has 0 aliphatic rings. The topological polar surface area (TPSA) is 38.7 Å². The molecule has 0 fully saturated rings.